The Morgan fingerprint density at radius 2 is 2.38 bits per heavy atom. The minimum atomic E-state index is 1.08. The quantitative estimate of drug-likeness (QED) is 0.486. The van der Waals surface area contributed by atoms with Gasteiger partial charge in [-0.05, 0) is 12.5 Å². The van der Waals surface area contributed by atoms with E-state index in [2.05, 4.69) is 25.7 Å². The van der Waals surface area contributed by atoms with E-state index in [0.29, 0.717) is 0 Å². The van der Waals surface area contributed by atoms with Crippen molar-refractivity contribution in [3.05, 3.63) is 37.0 Å². The van der Waals surface area contributed by atoms with Crippen LogP contribution >= 0.6 is 0 Å². The topological polar surface area (TPSA) is 0 Å². The van der Waals surface area contributed by atoms with Gasteiger partial charge in [0, 0.05) is 0 Å². The van der Waals surface area contributed by atoms with Gasteiger partial charge in [-0.1, -0.05) is 37.8 Å². The minimum absolute atomic E-state index is 1.08. The molecule has 0 aliphatic rings. The van der Waals surface area contributed by atoms with Gasteiger partial charge < -0.3 is 0 Å². The molecule has 0 aromatic carbocycles. The number of hydrogen-bond acceptors (Lipinski definition) is 0. The van der Waals surface area contributed by atoms with Crippen molar-refractivity contribution in [2.24, 2.45) is 0 Å². The van der Waals surface area contributed by atoms with E-state index in [1.165, 1.54) is 0 Å². The Hall–Kier alpha value is -0.780. The average Bonchev–Trinajstić information content (AvgIpc) is 1.81. The fourth-order valence-electron chi connectivity index (χ4n) is 0.328. The minimum Gasteiger partial charge on any atom is -0.0984 e. The smallest absolute Gasteiger partial charge is 0.0190 e. The van der Waals surface area contributed by atoms with E-state index in [9.17, 15) is 0 Å². The molecule has 0 unspecified atom stereocenters. The highest BCUT2D eigenvalue weighted by Crippen LogP contribution is 1.80. The van der Waals surface area contributed by atoms with Crippen molar-refractivity contribution in [2.75, 3.05) is 0 Å². The van der Waals surface area contributed by atoms with Crippen LogP contribution in [-0.4, -0.2) is 0 Å². The van der Waals surface area contributed by atoms with Crippen molar-refractivity contribution in [2.45, 2.75) is 13.3 Å². The van der Waals surface area contributed by atoms with Gasteiger partial charge >= 0.3 is 0 Å². The first kappa shape index (κ1) is 7.22. The molecular formula is C8H11. The SMILES string of the molecule is C=C[C]=CC=CCC. The van der Waals surface area contributed by atoms with E-state index in [1.807, 2.05) is 12.2 Å². The standard InChI is InChI=1S/C8H11/c1-3-5-7-8-6-4-2/h3,6-8H,1,4H2,2H3. The number of allylic oxidation sites excluding steroid dienone is 5. The van der Waals surface area contributed by atoms with E-state index < -0.39 is 0 Å². The molecule has 0 aromatic rings. The molecule has 0 bridgehead atoms. The van der Waals surface area contributed by atoms with Crippen LogP contribution in [-0.2, 0) is 0 Å². The number of hydrogen-bond donors (Lipinski definition) is 0. The maximum Gasteiger partial charge on any atom is -0.0190 e. The molecule has 0 heteroatoms. The van der Waals surface area contributed by atoms with E-state index in [1.54, 1.807) is 6.08 Å². The molecule has 0 heterocycles. The Labute approximate surface area is 51.2 Å². The summed E-state index contributed by atoms with van der Waals surface area (Å²) < 4.78 is 0. The Morgan fingerprint density at radius 1 is 1.62 bits per heavy atom. The third kappa shape index (κ3) is 5.22. The Kier molecular flexibility index (Phi) is 5.61. The second-order valence-corrected chi connectivity index (χ2v) is 1.37. The van der Waals surface area contributed by atoms with Gasteiger partial charge in [0.05, 0.1) is 0 Å². The zero-order valence-electron chi connectivity index (χ0n) is 5.22. The molecule has 8 heavy (non-hydrogen) atoms. The van der Waals surface area contributed by atoms with Crippen molar-refractivity contribution in [3.63, 3.8) is 0 Å². The van der Waals surface area contributed by atoms with E-state index >= 15 is 0 Å². The van der Waals surface area contributed by atoms with Crippen molar-refractivity contribution in [1.82, 2.24) is 0 Å². The maximum atomic E-state index is 3.48. The normalized spacial score (nSPS) is 11.1. The van der Waals surface area contributed by atoms with Gasteiger partial charge in [0.2, 0.25) is 0 Å². The lowest BCUT2D eigenvalue weighted by molar-refractivity contribution is 1.22. The van der Waals surface area contributed by atoms with Crippen LogP contribution < -0.4 is 0 Å². The second-order valence-electron chi connectivity index (χ2n) is 1.37. The van der Waals surface area contributed by atoms with Crippen LogP contribution in [0.3, 0.4) is 0 Å². The van der Waals surface area contributed by atoms with Gasteiger partial charge in [-0.3, -0.25) is 0 Å². The van der Waals surface area contributed by atoms with Gasteiger partial charge in [-0.25, -0.2) is 0 Å². The van der Waals surface area contributed by atoms with Crippen molar-refractivity contribution in [1.29, 1.82) is 0 Å². The highest BCUT2D eigenvalue weighted by atomic mass is 13.7. The molecular weight excluding hydrogens is 96.1 g/mol. The predicted molar refractivity (Wildman–Crippen MR) is 37.4 cm³/mol. The third-order valence-electron chi connectivity index (χ3n) is 0.682. The molecule has 0 fully saturated rings. The van der Waals surface area contributed by atoms with Crippen molar-refractivity contribution in [3.8, 4) is 0 Å². The Morgan fingerprint density at radius 3 is 2.88 bits per heavy atom. The van der Waals surface area contributed by atoms with Gasteiger partial charge in [-0.15, -0.1) is 0 Å². The zero-order chi connectivity index (χ0) is 6.24. The maximum absolute atomic E-state index is 3.48. The zero-order valence-corrected chi connectivity index (χ0v) is 5.22. The molecule has 0 N–H and O–H groups in total. The molecule has 0 atom stereocenters. The van der Waals surface area contributed by atoms with Crippen LogP contribution in [0, 0.1) is 6.08 Å². The van der Waals surface area contributed by atoms with Crippen LogP contribution in [0.4, 0.5) is 0 Å². The largest absolute Gasteiger partial charge is 0.0984 e. The van der Waals surface area contributed by atoms with Crippen LogP contribution in [0.25, 0.3) is 0 Å². The van der Waals surface area contributed by atoms with Gasteiger partial charge in [-0.2, -0.15) is 0 Å². The van der Waals surface area contributed by atoms with Crippen LogP contribution in [0.5, 0.6) is 0 Å². The molecule has 0 aromatic heterocycles. The van der Waals surface area contributed by atoms with Gasteiger partial charge in [0.15, 0.2) is 0 Å². The molecule has 0 saturated carbocycles. The second kappa shape index (κ2) is 6.22. The molecule has 43 valence electrons. The molecule has 0 rings (SSSR count). The summed E-state index contributed by atoms with van der Waals surface area (Å²) in [7, 11) is 0. The highest BCUT2D eigenvalue weighted by molar-refractivity contribution is 5.03. The van der Waals surface area contributed by atoms with Crippen molar-refractivity contribution >= 4 is 0 Å². The lowest BCUT2D eigenvalue weighted by Crippen LogP contribution is -1.50. The Balaban J connectivity index is 3.26. The molecule has 0 nitrogen and oxygen atoms in total. The molecule has 0 aliphatic carbocycles. The summed E-state index contributed by atoms with van der Waals surface area (Å²) in [5, 5.41) is 0. The van der Waals surface area contributed by atoms with Crippen LogP contribution in [0.15, 0.2) is 30.9 Å². The fourth-order valence-corrected chi connectivity index (χ4v) is 0.328. The molecule has 1 radical (unpaired) electrons. The molecule has 0 amide bonds. The summed E-state index contributed by atoms with van der Waals surface area (Å²) in [6.07, 6.45) is 11.4. The molecule has 0 saturated heterocycles. The van der Waals surface area contributed by atoms with Gasteiger partial charge in [0.25, 0.3) is 0 Å². The summed E-state index contributed by atoms with van der Waals surface area (Å²) in [6, 6.07) is 0. The van der Waals surface area contributed by atoms with Gasteiger partial charge in [0.1, 0.15) is 0 Å². The van der Waals surface area contributed by atoms with Crippen LogP contribution in [0.1, 0.15) is 13.3 Å². The van der Waals surface area contributed by atoms with E-state index in [0.717, 1.165) is 6.42 Å². The summed E-state index contributed by atoms with van der Waals surface area (Å²) in [6.45, 7) is 5.58. The average molecular weight is 107 g/mol. The summed E-state index contributed by atoms with van der Waals surface area (Å²) in [5.41, 5.74) is 0. The fraction of sp³-hybridized carbons (Fsp3) is 0.250. The lowest BCUT2D eigenvalue weighted by Gasteiger charge is -1.70. The lowest BCUT2D eigenvalue weighted by atomic mass is 10.4. The number of rotatable bonds is 3. The monoisotopic (exact) mass is 107 g/mol. The summed E-state index contributed by atoms with van der Waals surface area (Å²) >= 11 is 0. The first-order valence-corrected chi connectivity index (χ1v) is 2.77. The van der Waals surface area contributed by atoms with Crippen molar-refractivity contribution < 1.29 is 0 Å². The Bertz CT molecular complexity index is 96.6. The third-order valence-corrected chi connectivity index (χ3v) is 0.682. The first-order valence-electron chi connectivity index (χ1n) is 2.77. The first-order chi connectivity index (χ1) is 3.91. The van der Waals surface area contributed by atoms with E-state index in [-0.39, 0.29) is 0 Å². The summed E-state index contributed by atoms with van der Waals surface area (Å²) in [5.74, 6) is 0. The molecule has 0 aliphatic heterocycles. The van der Waals surface area contributed by atoms with E-state index in [4.69, 9.17) is 0 Å². The van der Waals surface area contributed by atoms with Crippen LogP contribution in [0.2, 0.25) is 0 Å². The highest BCUT2D eigenvalue weighted by Gasteiger charge is 1.59. The predicted octanol–water partition coefficient (Wildman–Crippen LogP) is 2.50. The molecule has 0 spiro atoms. The summed E-state index contributed by atoms with van der Waals surface area (Å²) in [4.78, 5) is 0.